The molecule has 1 aromatic carbocycles. The summed E-state index contributed by atoms with van der Waals surface area (Å²) in [6.07, 6.45) is 1.65. The molecule has 0 unspecified atom stereocenters. The average molecular weight is 355 g/mol. The number of amides is 1. The molecule has 2 aromatic heterocycles. The van der Waals surface area contributed by atoms with Crippen LogP contribution in [0.5, 0.6) is 0 Å². The molecule has 0 spiro atoms. The standard InChI is InChI=1S/C18H17N3OS2/c1-12-5-3-7-15-13(2)9-17(20-18(12)15)24-11-16(22)21-19-10-14-6-4-8-23-14/h3-10H,11H2,1-2H3,(H,21,22)/b19-10-. The van der Waals surface area contributed by atoms with Crippen molar-refractivity contribution in [3.63, 3.8) is 0 Å². The summed E-state index contributed by atoms with van der Waals surface area (Å²) in [6.45, 7) is 4.12. The normalized spacial score (nSPS) is 11.2. The molecule has 0 atom stereocenters. The molecule has 2 heterocycles. The zero-order valence-electron chi connectivity index (χ0n) is 13.4. The number of rotatable bonds is 5. The Morgan fingerprint density at radius 2 is 2.17 bits per heavy atom. The van der Waals surface area contributed by atoms with E-state index in [4.69, 9.17) is 0 Å². The molecular formula is C18H17N3OS2. The first-order valence-electron chi connectivity index (χ1n) is 7.48. The van der Waals surface area contributed by atoms with Crippen LogP contribution in [0.3, 0.4) is 0 Å². The van der Waals surface area contributed by atoms with Gasteiger partial charge in [-0.25, -0.2) is 10.4 Å². The van der Waals surface area contributed by atoms with Gasteiger partial charge in [-0.3, -0.25) is 4.79 Å². The zero-order valence-corrected chi connectivity index (χ0v) is 15.1. The number of nitrogens with zero attached hydrogens (tertiary/aromatic N) is 2. The monoisotopic (exact) mass is 355 g/mol. The number of pyridine rings is 1. The number of hydrogen-bond donors (Lipinski definition) is 1. The van der Waals surface area contributed by atoms with Crippen molar-refractivity contribution < 1.29 is 4.79 Å². The number of carbonyl (C=O) groups is 1. The molecule has 0 bridgehead atoms. The molecule has 122 valence electrons. The van der Waals surface area contributed by atoms with Crippen molar-refractivity contribution >= 4 is 46.1 Å². The van der Waals surface area contributed by atoms with E-state index >= 15 is 0 Å². The Morgan fingerprint density at radius 1 is 1.29 bits per heavy atom. The van der Waals surface area contributed by atoms with E-state index in [1.165, 1.54) is 17.3 Å². The molecule has 0 aliphatic carbocycles. The molecule has 3 aromatic rings. The Kier molecular flexibility index (Phi) is 5.27. The van der Waals surface area contributed by atoms with E-state index in [0.717, 1.165) is 26.4 Å². The predicted octanol–water partition coefficient (Wildman–Crippen LogP) is 4.16. The first-order chi connectivity index (χ1) is 11.6. The number of thiophene rings is 1. The van der Waals surface area contributed by atoms with Crippen molar-refractivity contribution in [2.24, 2.45) is 5.10 Å². The quantitative estimate of drug-likeness (QED) is 0.425. The molecule has 1 N–H and O–H groups in total. The van der Waals surface area contributed by atoms with Gasteiger partial charge in [0.25, 0.3) is 0 Å². The maximum atomic E-state index is 11.9. The fraction of sp³-hybridized carbons (Fsp3) is 0.167. The van der Waals surface area contributed by atoms with Gasteiger partial charge in [0.05, 0.1) is 22.5 Å². The van der Waals surface area contributed by atoms with Crippen LogP contribution in [0, 0.1) is 13.8 Å². The molecule has 1 amide bonds. The van der Waals surface area contributed by atoms with Gasteiger partial charge in [-0.15, -0.1) is 11.3 Å². The molecule has 0 aliphatic heterocycles. The van der Waals surface area contributed by atoms with Crippen LogP contribution < -0.4 is 5.43 Å². The van der Waals surface area contributed by atoms with E-state index in [1.807, 2.05) is 29.6 Å². The largest absolute Gasteiger partial charge is 0.272 e. The van der Waals surface area contributed by atoms with Gasteiger partial charge in [-0.1, -0.05) is 36.0 Å². The van der Waals surface area contributed by atoms with Gasteiger partial charge in [0.2, 0.25) is 5.91 Å². The van der Waals surface area contributed by atoms with E-state index in [2.05, 4.69) is 41.5 Å². The fourth-order valence-corrected chi connectivity index (χ4v) is 3.65. The van der Waals surface area contributed by atoms with E-state index in [1.54, 1.807) is 17.6 Å². The smallest absolute Gasteiger partial charge is 0.250 e. The number of fused-ring (bicyclic) bond motifs is 1. The molecule has 24 heavy (non-hydrogen) atoms. The molecule has 0 aliphatic rings. The van der Waals surface area contributed by atoms with Crippen LogP contribution >= 0.6 is 23.1 Å². The van der Waals surface area contributed by atoms with Crippen LogP contribution in [0.15, 0.2) is 51.9 Å². The number of aryl methyl sites for hydroxylation is 2. The molecule has 0 saturated heterocycles. The summed E-state index contributed by atoms with van der Waals surface area (Å²) in [7, 11) is 0. The Hall–Kier alpha value is -2.18. The van der Waals surface area contributed by atoms with E-state index in [9.17, 15) is 4.79 Å². The summed E-state index contributed by atoms with van der Waals surface area (Å²) in [5, 5.41) is 7.94. The fourth-order valence-electron chi connectivity index (χ4n) is 2.31. The molecule has 0 radical (unpaired) electrons. The summed E-state index contributed by atoms with van der Waals surface area (Å²) >= 11 is 2.99. The number of hydrazone groups is 1. The van der Waals surface area contributed by atoms with E-state index in [0.29, 0.717) is 0 Å². The minimum atomic E-state index is -0.142. The zero-order chi connectivity index (χ0) is 16.9. The lowest BCUT2D eigenvalue weighted by Gasteiger charge is -2.07. The van der Waals surface area contributed by atoms with Crippen LogP contribution in [0.4, 0.5) is 0 Å². The van der Waals surface area contributed by atoms with E-state index < -0.39 is 0 Å². The van der Waals surface area contributed by atoms with Crippen LogP contribution in [-0.4, -0.2) is 22.9 Å². The topological polar surface area (TPSA) is 54.4 Å². The molecule has 0 saturated carbocycles. The number of nitrogens with one attached hydrogen (secondary N) is 1. The Labute approximate surface area is 149 Å². The maximum absolute atomic E-state index is 11.9. The van der Waals surface area contributed by atoms with Crippen LogP contribution in [0.25, 0.3) is 10.9 Å². The van der Waals surface area contributed by atoms with Crippen LogP contribution in [0.1, 0.15) is 16.0 Å². The van der Waals surface area contributed by atoms with Crippen molar-refractivity contribution in [3.05, 3.63) is 57.8 Å². The van der Waals surface area contributed by atoms with Crippen molar-refractivity contribution in [1.29, 1.82) is 0 Å². The highest BCUT2D eigenvalue weighted by molar-refractivity contribution is 7.99. The predicted molar refractivity (Wildman–Crippen MR) is 102 cm³/mol. The lowest BCUT2D eigenvalue weighted by molar-refractivity contribution is -0.118. The highest BCUT2D eigenvalue weighted by Gasteiger charge is 2.07. The Balaban J connectivity index is 1.63. The van der Waals surface area contributed by atoms with E-state index in [-0.39, 0.29) is 11.7 Å². The third-order valence-corrected chi connectivity index (χ3v) is 5.22. The van der Waals surface area contributed by atoms with Crippen molar-refractivity contribution in [2.45, 2.75) is 18.9 Å². The summed E-state index contributed by atoms with van der Waals surface area (Å²) < 4.78 is 0. The molecule has 3 rings (SSSR count). The van der Waals surface area contributed by atoms with Gasteiger partial charge < -0.3 is 0 Å². The van der Waals surface area contributed by atoms with Gasteiger partial charge in [0.1, 0.15) is 0 Å². The highest BCUT2D eigenvalue weighted by Crippen LogP contribution is 2.25. The number of benzene rings is 1. The van der Waals surface area contributed by atoms with Crippen molar-refractivity contribution in [2.75, 3.05) is 5.75 Å². The second-order valence-electron chi connectivity index (χ2n) is 5.35. The second kappa shape index (κ2) is 7.59. The number of para-hydroxylation sites is 1. The maximum Gasteiger partial charge on any atom is 0.250 e. The molecule has 0 fully saturated rings. The summed E-state index contributed by atoms with van der Waals surface area (Å²) in [4.78, 5) is 17.6. The third-order valence-electron chi connectivity index (χ3n) is 3.50. The summed E-state index contributed by atoms with van der Waals surface area (Å²) in [6, 6.07) is 12.1. The van der Waals surface area contributed by atoms with Gasteiger partial charge in [0.15, 0.2) is 0 Å². The lowest BCUT2D eigenvalue weighted by atomic mass is 10.1. The van der Waals surface area contributed by atoms with Crippen molar-refractivity contribution in [3.8, 4) is 0 Å². The number of aromatic nitrogens is 1. The molecular weight excluding hydrogens is 338 g/mol. The van der Waals surface area contributed by atoms with Crippen LogP contribution in [-0.2, 0) is 4.79 Å². The van der Waals surface area contributed by atoms with Gasteiger partial charge in [-0.2, -0.15) is 5.10 Å². The first kappa shape index (κ1) is 16.7. The van der Waals surface area contributed by atoms with Gasteiger partial charge in [0, 0.05) is 10.3 Å². The van der Waals surface area contributed by atoms with Crippen molar-refractivity contribution in [1.82, 2.24) is 10.4 Å². The summed E-state index contributed by atoms with van der Waals surface area (Å²) in [5.74, 6) is 0.142. The third kappa shape index (κ3) is 4.01. The van der Waals surface area contributed by atoms with Gasteiger partial charge >= 0.3 is 0 Å². The minimum absolute atomic E-state index is 0.142. The van der Waals surface area contributed by atoms with Gasteiger partial charge in [-0.05, 0) is 42.5 Å². The second-order valence-corrected chi connectivity index (χ2v) is 7.32. The Morgan fingerprint density at radius 3 is 2.96 bits per heavy atom. The highest BCUT2D eigenvalue weighted by atomic mass is 32.2. The summed E-state index contributed by atoms with van der Waals surface area (Å²) in [5.41, 5.74) is 5.85. The number of carbonyl (C=O) groups excluding carboxylic acids is 1. The molecule has 6 heteroatoms. The molecule has 4 nitrogen and oxygen atoms in total. The lowest BCUT2D eigenvalue weighted by Crippen LogP contribution is -2.19. The Bertz CT molecular complexity index is 889. The minimum Gasteiger partial charge on any atom is -0.272 e. The average Bonchev–Trinajstić information content (AvgIpc) is 3.07. The SMILES string of the molecule is Cc1cc(SCC(=O)N/N=C\c2cccs2)nc2c(C)cccc12. The number of thioether (sulfide) groups is 1. The van der Waals surface area contributed by atoms with Crippen LogP contribution in [0.2, 0.25) is 0 Å². The number of hydrogen-bond acceptors (Lipinski definition) is 5. The first-order valence-corrected chi connectivity index (χ1v) is 9.35.